The first kappa shape index (κ1) is 13.7. The number of nitrogens with one attached hydrogen (secondary N) is 1. The van der Waals surface area contributed by atoms with E-state index in [1.54, 1.807) is 24.4 Å². The molecule has 4 nitrogen and oxygen atoms in total. The Kier molecular flexibility index (Phi) is 3.66. The molecule has 0 aliphatic carbocycles. The zero-order chi connectivity index (χ0) is 14.8. The van der Waals surface area contributed by atoms with Gasteiger partial charge in [-0.1, -0.05) is 28.1 Å². The van der Waals surface area contributed by atoms with Crippen LogP contribution in [0.25, 0.3) is 10.9 Å². The summed E-state index contributed by atoms with van der Waals surface area (Å²) in [7, 11) is 0. The number of pyridine rings is 2. The highest BCUT2D eigenvalue weighted by atomic mass is 79.9. The minimum absolute atomic E-state index is 0.188. The predicted molar refractivity (Wildman–Crippen MR) is 86.4 cm³/mol. The molecular formula is C16H12BrN3O. The molecule has 0 spiro atoms. The van der Waals surface area contributed by atoms with Gasteiger partial charge in [-0.2, -0.15) is 0 Å². The van der Waals surface area contributed by atoms with E-state index in [0.717, 1.165) is 21.1 Å². The summed E-state index contributed by atoms with van der Waals surface area (Å²) < 4.78 is 0.934. The lowest BCUT2D eigenvalue weighted by atomic mass is 10.1. The Morgan fingerprint density at radius 2 is 2.05 bits per heavy atom. The van der Waals surface area contributed by atoms with Crippen LogP contribution in [0.15, 0.2) is 53.1 Å². The number of halogens is 1. The van der Waals surface area contributed by atoms with Crippen LogP contribution in [0.1, 0.15) is 16.1 Å². The second kappa shape index (κ2) is 5.61. The van der Waals surface area contributed by atoms with Crippen molar-refractivity contribution in [2.75, 3.05) is 5.32 Å². The molecule has 2 aromatic heterocycles. The number of carbonyl (C=O) groups excluding carboxylic acids is 1. The average molecular weight is 342 g/mol. The lowest BCUT2D eigenvalue weighted by molar-refractivity contribution is 0.102. The van der Waals surface area contributed by atoms with E-state index in [-0.39, 0.29) is 5.91 Å². The second-order valence-corrected chi connectivity index (χ2v) is 5.56. The third-order valence-corrected chi connectivity index (χ3v) is 3.54. The van der Waals surface area contributed by atoms with Crippen LogP contribution < -0.4 is 5.32 Å². The number of benzene rings is 1. The number of carbonyl (C=O) groups is 1. The number of anilines is 1. The van der Waals surface area contributed by atoms with Gasteiger partial charge in [-0.3, -0.25) is 9.78 Å². The minimum Gasteiger partial charge on any atom is -0.307 e. The molecule has 21 heavy (non-hydrogen) atoms. The molecule has 5 heteroatoms. The summed E-state index contributed by atoms with van der Waals surface area (Å²) in [6.45, 7) is 1.87. The fourth-order valence-corrected chi connectivity index (χ4v) is 2.49. The maximum Gasteiger partial charge on any atom is 0.257 e. The molecule has 0 atom stereocenters. The number of fused-ring (bicyclic) bond motifs is 1. The molecule has 0 aliphatic rings. The highest BCUT2D eigenvalue weighted by molar-refractivity contribution is 9.10. The summed E-state index contributed by atoms with van der Waals surface area (Å²) in [4.78, 5) is 21.0. The Bertz CT molecular complexity index is 813. The van der Waals surface area contributed by atoms with Crippen molar-refractivity contribution in [3.63, 3.8) is 0 Å². The van der Waals surface area contributed by atoms with Crippen LogP contribution in [-0.4, -0.2) is 15.9 Å². The first-order chi connectivity index (χ1) is 10.1. The van der Waals surface area contributed by atoms with E-state index in [1.165, 1.54) is 0 Å². The van der Waals surface area contributed by atoms with E-state index >= 15 is 0 Å². The van der Waals surface area contributed by atoms with Gasteiger partial charge in [0.25, 0.3) is 5.91 Å². The van der Waals surface area contributed by atoms with Crippen molar-refractivity contribution in [2.24, 2.45) is 0 Å². The van der Waals surface area contributed by atoms with Crippen molar-refractivity contribution in [3.05, 3.63) is 64.4 Å². The molecule has 0 saturated carbocycles. The molecule has 1 N–H and O–H groups in total. The van der Waals surface area contributed by atoms with Crippen LogP contribution in [0.2, 0.25) is 0 Å². The number of hydrogen-bond acceptors (Lipinski definition) is 3. The van der Waals surface area contributed by atoms with Crippen LogP contribution >= 0.6 is 15.9 Å². The Morgan fingerprint density at radius 3 is 2.81 bits per heavy atom. The summed E-state index contributed by atoms with van der Waals surface area (Å²) in [6, 6.07) is 12.9. The normalized spacial score (nSPS) is 10.6. The van der Waals surface area contributed by atoms with Gasteiger partial charge in [-0.05, 0) is 37.3 Å². The third kappa shape index (κ3) is 2.92. The van der Waals surface area contributed by atoms with E-state index in [2.05, 4.69) is 31.2 Å². The maximum atomic E-state index is 12.5. The topological polar surface area (TPSA) is 54.9 Å². The smallest absolute Gasteiger partial charge is 0.257 e. The fourth-order valence-electron chi connectivity index (χ4n) is 2.14. The summed E-state index contributed by atoms with van der Waals surface area (Å²) >= 11 is 3.42. The van der Waals surface area contributed by atoms with Gasteiger partial charge >= 0.3 is 0 Å². The molecule has 0 saturated heterocycles. The lowest BCUT2D eigenvalue weighted by Gasteiger charge is -2.09. The van der Waals surface area contributed by atoms with Crippen molar-refractivity contribution in [3.8, 4) is 0 Å². The number of amides is 1. The van der Waals surface area contributed by atoms with Crippen molar-refractivity contribution in [1.82, 2.24) is 9.97 Å². The zero-order valence-corrected chi connectivity index (χ0v) is 12.9. The van der Waals surface area contributed by atoms with Crippen LogP contribution in [-0.2, 0) is 0 Å². The van der Waals surface area contributed by atoms with E-state index in [4.69, 9.17) is 0 Å². The van der Waals surface area contributed by atoms with Gasteiger partial charge < -0.3 is 5.32 Å². The van der Waals surface area contributed by atoms with Gasteiger partial charge in [0.15, 0.2) is 0 Å². The summed E-state index contributed by atoms with van der Waals surface area (Å²) in [5.74, 6) is 0.341. The molecule has 3 rings (SSSR count). The summed E-state index contributed by atoms with van der Waals surface area (Å²) in [5, 5.41) is 3.62. The summed E-state index contributed by atoms with van der Waals surface area (Å²) in [5.41, 5.74) is 2.18. The van der Waals surface area contributed by atoms with E-state index in [9.17, 15) is 4.79 Å². The Labute approximate surface area is 130 Å². The van der Waals surface area contributed by atoms with Gasteiger partial charge in [0.1, 0.15) is 5.82 Å². The molecule has 0 unspecified atom stereocenters. The number of nitrogens with zero attached hydrogens (tertiary/aromatic N) is 2. The van der Waals surface area contributed by atoms with Gasteiger partial charge in [0.05, 0.1) is 11.1 Å². The van der Waals surface area contributed by atoms with Gasteiger partial charge in [-0.15, -0.1) is 0 Å². The lowest BCUT2D eigenvalue weighted by Crippen LogP contribution is -2.14. The van der Waals surface area contributed by atoms with Crippen molar-refractivity contribution in [1.29, 1.82) is 0 Å². The first-order valence-electron chi connectivity index (χ1n) is 6.43. The number of aromatic nitrogens is 2. The molecule has 2 heterocycles. The van der Waals surface area contributed by atoms with E-state index in [0.29, 0.717) is 11.4 Å². The first-order valence-corrected chi connectivity index (χ1v) is 7.22. The standard InChI is InChI=1S/C16H12BrN3O/c1-10-8-13(12-6-5-11(17)9-14(12)19-10)16(21)20-15-4-2-3-7-18-15/h2-9H,1H3,(H,18,20,21). The number of rotatable bonds is 2. The van der Waals surface area contributed by atoms with Crippen LogP contribution in [0.5, 0.6) is 0 Å². The second-order valence-electron chi connectivity index (χ2n) is 4.64. The van der Waals surface area contributed by atoms with Crippen molar-refractivity contribution in [2.45, 2.75) is 6.92 Å². The fraction of sp³-hybridized carbons (Fsp3) is 0.0625. The maximum absolute atomic E-state index is 12.5. The van der Waals surface area contributed by atoms with Gasteiger partial charge in [-0.25, -0.2) is 4.98 Å². The molecule has 0 radical (unpaired) electrons. The molecule has 104 valence electrons. The monoisotopic (exact) mass is 341 g/mol. The van der Waals surface area contributed by atoms with Crippen molar-refractivity contribution < 1.29 is 4.79 Å². The molecule has 1 amide bonds. The largest absolute Gasteiger partial charge is 0.307 e. The Balaban J connectivity index is 2.05. The Hall–Kier alpha value is -2.27. The minimum atomic E-state index is -0.188. The highest BCUT2D eigenvalue weighted by Gasteiger charge is 2.12. The average Bonchev–Trinajstić information content (AvgIpc) is 2.47. The van der Waals surface area contributed by atoms with Crippen LogP contribution in [0, 0.1) is 6.92 Å². The highest BCUT2D eigenvalue weighted by Crippen LogP contribution is 2.23. The molecule has 0 bridgehead atoms. The van der Waals surface area contributed by atoms with Crippen LogP contribution in [0.3, 0.4) is 0 Å². The molecule has 0 fully saturated rings. The third-order valence-electron chi connectivity index (χ3n) is 3.05. The van der Waals surface area contributed by atoms with Crippen molar-refractivity contribution >= 4 is 38.6 Å². The quantitative estimate of drug-likeness (QED) is 0.767. The number of aryl methyl sites for hydroxylation is 1. The summed E-state index contributed by atoms with van der Waals surface area (Å²) in [6.07, 6.45) is 1.64. The molecular weight excluding hydrogens is 330 g/mol. The van der Waals surface area contributed by atoms with Gasteiger partial charge in [0.2, 0.25) is 0 Å². The zero-order valence-electron chi connectivity index (χ0n) is 11.3. The SMILES string of the molecule is Cc1cc(C(=O)Nc2ccccn2)c2ccc(Br)cc2n1. The molecule has 3 aromatic rings. The van der Waals surface area contributed by atoms with E-state index < -0.39 is 0 Å². The number of hydrogen-bond donors (Lipinski definition) is 1. The van der Waals surface area contributed by atoms with Gasteiger partial charge in [0, 0.05) is 21.7 Å². The molecule has 1 aromatic carbocycles. The van der Waals surface area contributed by atoms with E-state index in [1.807, 2.05) is 31.2 Å². The van der Waals surface area contributed by atoms with Crippen LogP contribution in [0.4, 0.5) is 5.82 Å². The molecule has 0 aliphatic heterocycles. The Morgan fingerprint density at radius 1 is 1.19 bits per heavy atom. The predicted octanol–water partition coefficient (Wildman–Crippen LogP) is 3.95.